The van der Waals surface area contributed by atoms with E-state index in [0.29, 0.717) is 57.4 Å². The number of hydrogen-bond acceptors (Lipinski definition) is 6. The van der Waals surface area contributed by atoms with Crippen molar-refractivity contribution in [3.8, 4) is 5.88 Å². The van der Waals surface area contributed by atoms with Crippen LogP contribution in [0.15, 0.2) is 30.3 Å². The number of alkyl halides is 6. The lowest BCUT2D eigenvalue weighted by Gasteiger charge is -2.33. The van der Waals surface area contributed by atoms with E-state index in [-0.39, 0.29) is 36.8 Å². The van der Waals surface area contributed by atoms with Crippen LogP contribution in [0.4, 0.5) is 32.2 Å². The van der Waals surface area contributed by atoms with Gasteiger partial charge < -0.3 is 19.7 Å². The van der Waals surface area contributed by atoms with Crippen molar-refractivity contribution < 1.29 is 40.6 Å². The maximum absolute atomic E-state index is 13.5. The number of carbonyl (C=O) groups excluding carboxylic acids is 1. The van der Waals surface area contributed by atoms with Crippen LogP contribution in [0.2, 0.25) is 0 Å². The molecule has 7 nitrogen and oxygen atoms in total. The molecular weight excluding hydrogens is 518 g/mol. The molecule has 0 bridgehead atoms. The third kappa shape index (κ3) is 7.49. The first-order valence-electron chi connectivity index (χ1n) is 12.4. The Kier molecular flexibility index (Phi) is 8.64. The average Bonchev–Trinajstić information content (AvgIpc) is 2.88. The van der Waals surface area contributed by atoms with Gasteiger partial charge >= 0.3 is 12.4 Å². The lowest BCUT2D eigenvalue weighted by Crippen LogP contribution is -2.44. The van der Waals surface area contributed by atoms with Crippen molar-refractivity contribution in [3.05, 3.63) is 47.3 Å². The minimum Gasteiger partial charge on any atom is -0.474 e. The molecule has 0 aliphatic carbocycles. The molecule has 2 aliphatic heterocycles. The summed E-state index contributed by atoms with van der Waals surface area (Å²) < 4.78 is 89.7. The average molecular weight is 547 g/mol. The van der Waals surface area contributed by atoms with Crippen molar-refractivity contribution in [2.45, 2.75) is 50.6 Å². The number of nitrogens with zero attached hydrogens (tertiary/aromatic N) is 3. The van der Waals surface area contributed by atoms with Crippen LogP contribution in [-0.2, 0) is 28.3 Å². The third-order valence-corrected chi connectivity index (χ3v) is 6.51. The number of rotatable bonds is 7. The molecule has 2 aromatic rings. The van der Waals surface area contributed by atoms with Gasteiger partial charge in [0.1, 0.15) is 11.9 Å². The quantitative estimate of drug-likeness (QED) is 0.510. The Morgan fingerprint density at radius 3 is 2.39 bits per heavy atom. The van der Waals surface area contributed by atoms with Gasteiger partial charge in [0.2, 0.25) is 17.6 Å². The van der Waals surface area contributed by atoms with Gasteiger partial charge in [-0.25, -0.2) is 4.98 Å². The summed E-state index contributed by atoms with van der Waals surface area (Å²) in [5, 5.41) is 2.78. The summed E-state index contributed by atoms with van der Waals surface area (Å²) >= 11 is 0. The van der Waals surface area contributed by atoms with Crippen LogP contribution in [-0.4, -0.2) is 54.8 Å². The highest BCUT2D eigenvalue weighted by atomic mass is 19.4. The van der Waals surface area contributed by atoms with E-state index in [9.17, 15) is 31.1 Å². The van der Waals surface area contributed by atoms with Gasteiger partial charge in [-0.1, -0.05) is 12.1 Å². The summed E-state index contributed by atoms with van der Waals surface area (Å²) in [6.45, 7) is 1.71. The van der Waals surface area contributed by atoms with Crippen molar-refractivity contribution in [3.63, 3.8) is 0 Å². The molecule has 38 heavy (non-hydrogen) atoms. The lowest BCUT2D eigenvalue weighted by molar-refractivity contribution is -0.145. The first-order chi connectivity index (χ1) is 18.0. The molecule has 208 valence electrons. The number of halogens is 6. The predicted molar refractivity (Wildman–Crippen MR) is 125 cm³/mol. The highest BCUT2D eigenvalue weighted by Gasteiger charge is 2.37. The van der Waals surface area contributed by atoms with Crippen molar-refractivity contribution in [1.82, 2.24) is 15.3 Å². The number of amides is 1. The van der Waals surface area contributed by atoms with E-state index in [1.165, 1.54) is 18.2 Å². The molecule has 2 saturated heterocycles. The van der Waals surface area contributed by atoms with Crippen LogP contribution in [0.1, 0.15) is 42.6 Å². The Labute approximate surface area is 215 Å². The van der Waals surface area contributed by atoms with Crippen LogP contribution in [0.25, 0.3) is 0 Å². The number of hydrogen-bond donors (Lipinski definition) is 1. The van der Waals surface area contributed by atoms with Gasteiger partial charge in [-0.3, -0.25) is 4.79 Å². The number of nitrogens with one attached hydrogen (secondary N) is 1. The molecule has 2 aliphatic rings. The zero-order chi connectivity index (χ0) is 27.3. The maximum atomic E-state index is 13.5. The van der Waals surface area contributed by atoms with Crippen LogP contribution in [0.3, 0.4) is 0 Å². The zero-order valence-corrected chi connectivity index (χ0v) is 20.4. The lowest BCUT2D eigenvalue weighted by atomic mass is 9.97. The molecule has 1 amide bonds. The minimum atomic E-state index is -4.77. The fourth-order valence-corrected chi connectivity index (χ4v) is 4.46. The topological polar surface area (TPSA) is 76.6 Å². The van der Waals surface area contributed by atoms with Gasteiger partial charge in [0.15, 0.2) is 0 Å². The van der Waals surface area contributed by atoms with E-state index >= 15 is 0 Å². The summed E-state index contributed by atoms with van der Waals surface area (Å²) in [5.74, 6) is -2.19. The van der Waals surface area contributed by atoms with Crippen molar-refractivity contribution in [2.75, 3.05) is 37.7 Å². The number of anilines is 1. The summed E-state index contributed by atoms with van der Waals surface area (Å²) in [6, 6.07) is 6.09. The summed E-state index contributed by atoms with van der Waals surface area (Å²) in [7, 11) is 0. The normalized spacial score (nSPS) is 19.3. The Morgan fingerprint density at radius 1 is 1.03 bits per heavy atom. The SMILES string of the molecule is O=C(NCCc1ccc(C(F)(F)F)cc1)C1CCCN(c2cc(OC3CCOCC3)nc(C(F)(F)F)n2)C1. The van der Waals surface area contributed by atoms with E-state index in [1.54, 1.807) is 4.90 Å². The molecule has 4 rings (SSSR count). The first-order valence-corrected chi connectivity index (χ1v) is 12.4. The minimum absolute atomic E-state index is 0.0386. The molecule has 2 fully saturated rings. The Morgan fingerprint density at radius 2 is 1.74 bits per heavy atom. The predicted octanol–water partition coefficient (Wildman–Crippen LogP) is 4.65. The second-order valence-corrected chi connectivity index (χ2v) is 9.34. The molecule has 1 N–H and O–H groups in total. The third-order valence-electron chi connectivity index (χ3n) is 6.51. The van der Waals surface area contributed by atoms with E-state index in [0.717, 1.165) is 12.1 Å². The highest BCUT2D eigenvalue weighted by molar-refractivity contribution is 5.79. The van der Waals surface area contributed by atoms with Crippen LogP contribution < -0.4 is 15.0 Å². The van der Waals surface area contributed by atoms with Crippen LogP contribution in [0.5, 0.6) is 5.88 Å². The Hall–Kier alpha value is -3.09. The van der Waals surface area contributed by atoms with Gasteiger partial charge in [0, 0.05) is 38.5 Å². The number of benzene rings is 1. The molecule has 0 radical (unpaired) electrons. The van der Waals surface area contributed by atoms with Crippen molar-refractivity contribution >= 4 is 11.7 Å². The second kappa shape index (κ2) is 11.7. The number of ether oxygens (including phenoxy) is 2. The van der Waals surface area contributed by atoms with E-state index in [2.05, 4.69) is 15.3 Å². The molecule has 1 aromatic carbocycles. The summed E-state index contributed by atoms with van der Waals surface area (Å²) in [4.78, 5) is 21.7. The van der Waals surface area contributed by atoms with Crippen molar-refractivity contribution in [1.29, 1.82) is 0 Å². The standard InChI is InChI=1S/C25H28F6N4O3/c26-24(27,28)18-5-3-16(4-6-18)7-10-32-22(36)17-2-1-11-35(15-17)20-14-21(34-23(33-20)25(29,30)31)38-19-8-12-37-13-9-19/h3-6,14,17,19H,1-2,7-13,15H2,(H,32,36). The molecule has 13 heteroatoms. The molecule has 0 spiro atoms. The van der Waals surface area contributed by atoms with E-state index in [4.69, 9.17) is 9.47 Å². The highest BCUT2D eigenvalue weighted by Crippen LogP contribution is 2.32. The largest absolute Gasteiger partial charge is 0.474 e. The molecule has 1 aromatic heterocycles. The van der Waals surface area contributed by atoms with Gasteiger partial charge in [-0.05, 0) is 37.0 Å². The van der Waals surface area contributed by atoms with Gasteiger partial charge in [0.25, 0.3) is 0 Å². The smallest absolute Gasteiger partial charge is 0.451 e. The summed E-state index contributed by atoms with van der Waals surface area (Å²) in [6.07, 6.45) is -6.95. The molecule has 3 heterocycles. The van der Waals surface area contributed by atoms with E-state index in [1.807, 2.05) is 0 Å². The Bertz CT molecular complexity index is 1090. The molecule has 0 saturated carbocycles. The monoisotopic (exact) mass is 546 g/mol. The number of aromatic nitrogens is 2. The van der Waals surface area contributed by atoms with Gasteiger partial charge in [-0.15, -0.1) is 0 Å². The second-order valence-electron chi connectivity index (χ2n) is 9.34. The molecule has 1 atom stereocenters. The molecular formula is C25H28F6N4O3. The van der Waals surface area contributed by atoms with Crippen molar-refractivity contribution in [2.24, 2.45) is 5.92 Å². The molecule has 1 unspecified atom stereocenters. The van der Waals surface area contributed by atoms with Crippen LogP contribution in [0, 0.1) is 5.92 Å². The zero-order valence-electron chi connectivity index (χ0n) is 20.4. The maximum Gasteiger partial charge on any atom is 0.451 e. The Balaban J connectivity index is 1.37. The van der Waals surface area contributed by atoms with Gasteiger partial charge in [0.05, 0.1) is 24.7 Å². The van der Waals surface area contributed by atoms with Gasteiger partial charge in [-0.2, -0.15) is 31.3 Å². The van der Waals surface area contributed by atoms with Crippen LogP contribution >= 0.6 is 0 Å². The number of carbonyl (C=O) groups is 1. The van der Waals surface area contributed by atoms with E-state index < -0.39 is 29.7 Å². The first kappa shape index (κ1) is 27.9. The fraction of sp³-hybridized carbons (Fsp3) is 0.560. The number of piperidine rings is 1. The summed E-state index contributed by atoms with van der Waals surface area (Å²) in [5.41, 5.74) is -0.103. The fourth-order valence-electron chi connectivity index (χ4n) is 4.46.